The lowest BCUT2D eigenvalue weighted by Gasteiger charge is -2.24. The third kappa shape index (κ3) is 3.60. The standard InChI is InChI=1S/C13H17ClN4O2/c1-13(2,3)20-12(19)18(4)7-8-5-9-10(16-8)6-15-11(14)17-9/h5-6,16H,7H2,1-4H3. The normalized spacial score (nSPS) is 11.7. The number of H-pyrrole nitrogens is 1. The fraction of sp³-hybridized carbons (Fsp3) is 0.462. The summed E-state index contributed by atoms with van der Waals surface area (Å²) in [6, 6.07) is 1.84. The number of hydrogen-bond donors (Lipinski definition) is 1. The fourth-order valence-electron chi connectivity index (χ4n) is 1.70. The SMILES string of the molecule is CN(Cc1cc2nc(Cl)ncc2[nH]1)C(=O)OC(C)(C)C. The van der Waals surface area contributed by atoms with Crippen molar-refractivity contribution in [2.75, 3.05) is 7.05 Å². The van der Waals surface area contributed by atoms with Gasteiger partial charge >= 0.3 is 6.09 Å². The molecule has 0 unspecified atom stereocenters. The highest BCUT2D eigenvalue weighted by molar-refractivity contribution is 6.28. The van der Waals surface area contributed by atoms with Gasteiger partial charge in [0.2, 0.25) is 5.28 Å². The Morgan fingerprint density at radius 3 is 2.85 bits per heavy atom. The second-order valence-corrected chi connectivity index (χ2v) is 5.91. The Morgan fingerprint density at radius 1 is 1.50 bits per heavy atom. The van der Waals surface area contributed by atoms with Crippen molar-refractivity contribution in [3.05, 3.63) is 23.2 Å². The van der Waals surface area contributed by atoms with E-state index in [1.54, 1.807) is 13.2 Å². The van der Waals surface area contributed by atoms with Crippen molar-refractivity contribution in [3.63, 3.8) is 0 Å². The molecule has 20 heavy (non-hydrogen) atoms. The van der Waals surface area contributed by atoms with Crippen molar-refractivity contribution >= 4 is 28.7 Å². The van der Waals surface area contributed by atoms with Gasteiger partial charge in [0.05, 0.1) is 23.8 Å². The van der Waals surface area contributed by atoms with Crippen LogP contribution in [0, 0.1) is 0 Å². The predicted octanol–water partition coefficient (Wildman–Crippen LogP) is 2.98. The second-order valence-electron chi connectivity index (χ2n) is 5.57. The smallest absolute Gasteiger partial charge is 0.410 e. The van der Waals surface area contributed by atoms with Gasteiger partial charge in [0.25, 0.3) is 0 Å². The molecule has 0 atom stereocenters. The summed E-state index contributed by atoms with van der Waals surface area (Å²) in [4.78, 5) is 24.5. The first-order valence-electron chi connectivity index (χ1n) is 6.19. The summed E-state index contributed by atoms with van der Waals surface area (Å²) in [6.45, 7) is 5.89. The van der Waals surface area contributed by atoms with Gasteiger partial charge in [0.1, 0.15) is 5.60 Å². The Morgan fingerprint density at radius 2 is 2.20 bits per heavy atom. The summed E-state index contributed by atoms with van der Waals surface area (Å²) in [5.74, 6) is 0. The van der Waals surface area contributed by atoms with E-state index in [0.717, 1.165) is 16.7 Å². The number of hydrogen-bond acceptors (Lipinski definition) is 4. The van der Waals surface area contributed by atoms with E-state index in [9.17, 15) is 4.79 Å². The van der Waals surface area contributed by atoms with Crippen LogP contribution < -0.4 is 0 Å². The van der Waals surface area contributed by atoms with Gasteiger partial charge < -0.3 is 14.6 Å². The summed E-state index contributed by atoms with van der Waals surface area (Å²) >= 11 is 5.74. The number of amides is 1. The van der Waals surface area contributed by atoms with Gasteiger partial charge in [-0.25, -0.2) is 14.8 Å². The van der Waals surface area contributed by atoms with E-state index in [0.29, 0.717) is 6.54 Å². The lowest BCUT2D eigenvalue weighted by Crippen LogP contribution is -2.33. The molecule has 0 fully saturated rings. The largest absolute Gasteiger partial charge is 0.444 e. The summed E-state index contributed by atoms with van der Waals surface area (Å²) in [5.41, 5.74) is 1.83. The van der Waals surface area contributed by atoms with Gasteiger partial charge in [-0.15, -0.1) is 0 Å². The zero-order chi connectivity index (χ0) is 14.9. The van der Waals surface area contributed by atoms with Crippen LogP contribution in [0.3, 0.4) is 0 Å². The zero-order valence-electron chi connectivity index (χ0n) is 11.9. The number of ether oxygens (including phenoxy) is 1. The molecular formula is C13H17ClN4O2. The number of halogens is 1. The van der Waals surface area contributed by atoms with Gasteiger partial charge in [-0.2, -0.15) is 0 Å². The Labute approximate surface area is 122 Å². The minimum absolute atomic E-state index is 0.198. The van der Waals surface area contributed by atoms with E-state index in [4.69, 9.17) is 16.3 Å². The number of aromatic nitrogens is 3. The molecule has 0 aliphatic rings. The lowest BCUT2D eigenvalue weighted by molar-refractivity contribution is 0.0283. The first-order valence-corrected chi connectivity index (χ1v) is 6.56. The van der Waals surface area contributed by atoms with Gasteiger partial charge in [-0.05, 0) is 38.4 Å². The molecule has 1 N–H and O–H groups in total. The summed E-state index contributed by atoms with van der Waals surface area (Å²) in [6.07, 6.45) is 1.24. The first-order chi connectivity index (χ1) is 9.24. The van der Waals surface area contributed by atoms with Crippen molar-refractivity contribution in [2.24, 2.45) is 0 Å². The van der Waals surface area contributed by atoms with Gasteiger partial charge in [-0.1, -0.05) is 0 Å². The molecule has 6 nitrogen and oxygen atoms in total. The average Bonchev–Trinajstić information content (AvgIpc) is 2.67. The monoisotopic (exact) mass is 296 g/mol. The number of rotatable bonds is 2. The van der Waals surface area contributed by atoms with Crippen LogP contribution in [-0.4, -0.2) is 38.6 Å². The Hall–Kier alpha value is -1.82. The Bertz CT molecular complexity index is 633. The summed E-state index contributed by atoms with van der Waals surface area (Å²) in [7, 11) is 1.68. The second kappa shape index (κ2) is 5.28. The molecule has 0 bridgehead atoms. The molecule has 0 spiro atoms. The number of carbonyl (C=O) groups is 1. The molecule has 1 amide bonds. The molecule has 0 aliphatic carbocycles. The maximum atomic E-state index is 11.9. The quantitative estimate of drug-likeness (QED) is 0.865. The van der Waals surface area contributed by atoms with Crippen molar-refractivity contribution in [1.82, 2.24) is 19.9 Å². The predicted molar refractivity (Wildman–Crippen MR) is 76.6 cm³/mol. The van der Waals surface area contributed by atoms with Crippen LogP contribution >= 0.6 is 11.6 Å². The molecule has 2 aromatic rings. The van der Waals surface area contributed by atoms with Gasteiger partial charge in [-0.3, -0.25) is 0 Å². The topological polar surface area (TPSA) is 71.1 Å². The highest BCUT2D eigenvalue weighted by Gasteiger charge is 2.20. The van der Waals surface area contributed by atoms with Crippen LogP contribution in [0.15, 0.2) is 12.3 Å². The first kappa shape index (κ1) is 14.6. The van der Waals surface area contributed by atoms with Gasteiger partial charge in [0, 0.05) is 12.7 Å². The molecule has 2 heterocycles. The number of nitrogens with one attached hydrogen (secondary N) is 1. The number of aromatic amines is 1. The zero-order valence-corrected chi connectivity index (χ0v) is 12.7. The van der Waals surface area contributed by atoms with E-state index < -0.39 is 5.60 Å². The maximum Gasteiger partial charge on any atom is 0.410 e. The van der Waals surface area contributed by atoms with Crippen LogP contribution in [0.1, 0.15) is 26.5 Å². The van der Waals surface area contributed by atoms with Crippen LogP contribution in [0.2, 0.25) is 5.28 Å². The van der Waals surface area contributed by atoms with Crippen LogP contribution in [0.5, 0.6) is 0 Å². The van der Waals surface area contributed by atoms with Crippen LogP contribution in [0.4, 0.5) is 4.79 Å². The van der Waals surface area contributed by atoms with Crippen molar-refractivity contribution < 1.29 is 9.53 Å². The number of carbonyl (C=O) groups excluding carboxylic acids is 1. The summed E-state index contributed by atoms with van der Waals surface area (Å²) < 4.78 is 5.29. The highest BCUT2D eigenvalue weighted by Crippen LogP contribution is 2.16. The lowest BCUT2D eigenvalue weighted by atomic mass is 10.2. The van der Waals surface area contributed by atoms with Crippen LogP contribution in [0.25, 0.3) is 11.0 Å². The fourth-order valence-corrected chi connectivity index (χ4v) is 1.84. The Balaban J connectivity index is 2.09. The van der Waals surface area contributed by atoms with E-state index in [1.165, 1.54) is 4.90 Å². The molecule has 0 saturated heterocycles. The Kier molecular flexibility index (Phi) is 3.85. The number of nitrogens with zero attached hydrogens (tertiary/aromatic N) is 3. The van der Waals surface area contributed by atoms with Crippen LogP contribution in [-0.2, 0) is 11.3 Å². The van der Waals surface area contributed by atoms with E-state index in [2.05, 4.69) is 15.0 Å². The molecule has 0 radical (unpaired) electrons. The van der Waals surface area contributed by atoms with Crippen molar-refractivity contribution in [1.29, 1.82) is 0 Å². The average molecular weight is 297 g/mol. The third-order valence-corrected chi connectivity index (χ3v) is 2.69. The highest BCUT2D eigenvalue weighted by atomic mass is 35.5. The molecule has 108 valence electrons. The molecule has 2 rings (SSSR count). The minimum Gasteiger partial charge on any atom is -0.444 e. The molecule has 2 aromatic heterocycles. The molecule has 0 saturated carbocycles. The van der Waals surface area contributed by atoms with E-state index >= 15 is 0 Å². The summed E-state index contributed by atoms with van der Waals surface area (Å²) in [5, 5.41) is 0.198. The van der Waals surface area contributed by atoms with Gasteiger partial charge in [0.15, 0.2) is 0 Å². The molecule has 0 aliphatic heterocycles. The molecule has 7 heteroatoms. The maximum absolute atomic E-state index is 11.9. The third-order valence-electron chi connectivity index (χ3n) is 2.51. The van der Waals surface area contributed by atoms with Crippen molar-refractivity contribution in [2.45, 2.75) is 32.9 Å². The van der Waals surface area contributed by atoms with E-state index in [1.807, 2.05) is 26.8 Å². The minimum atomic E-state index is -0.509. The molecular weight excluding hydrogens is 280 g/mol. The number of fused-ring (bicyclic) bond motifs is 1. The molecule has 0 aromatic carbocycles. The van der Waals surface area contributed by atoms with Crippen molar-refractivity contribution in [3.8, 4) is 0 Å². The van der Waals surface area contributed by atoms with E-state index in [-0.39, 0.29) is 11.4 Å².